The molecule has 0 saturated heterocycles. The fourth-order valence-electron chi connectivity index (χ4n) is 7.14. The number of likely N-dealkylation sites (N-methyl/N-ethyl adjacent to an activating group) is 1. The highest BCUT2D eigenvalue weighted by atomic mass is 31.2. The topological polar surface area (TPSA) is 111 Å². The number of carbonyl (C=O) groups is 2. The van der Waals surface area contributed by atoms with Gasteiger partial charge in [0.15, 0.2) is 0 Å². The van der Waals surface area contributed by atoms with E-state index in [1.807, 2.05) is 100 Å². The molecule has 0 aliphatic heterocycles. The molecule has 0 bridgehead atoms. The van der Waals surface area contributed by atoms with Crippen molar-refractivity contribution in [2.24, 2.45) is 0 Å². The lowest BCUT2D eigenvalue weighted by Gasteiger charge is -2.27. The molecule has 394 valence electrons. The number of quaternary nitrogens is 1. The van der Waals surface area contributed by atoms with Crippen molar-refractivity contribution >= 4 is 19.7 Å². The van der Waals surface area contributed by atoms with Crippen molar-refractivity contribution in [1.29, 1.82) is 0 Å². The Morgan fingerprint density at radius 2 is 1.00 bits per heavy atom. The SMILES string of the molecule is CC\C=C/C=C/C=C/C=C\C=C\C=C\CCCCCC(=O)OC(/C=C/CCCCCCCCCCCCC)C(COP(=O)(O)OCC[N+](C)(C)C)NC(=O)CC/C=C/C/C=C\CCCCCCCC. The third-order valence-corrected chi connectivity index (χ3v) is 12.4. The van der Waals surface area contributed by atoms with Gasteiger partial charge in [-0.05, 0) is 70.3 Å². The van der Waals surface area contributed by atoms with Crippen LogP contribution in [0.3, 0.4) is 0 Å². The lowest BCUT2D eigenvalue weighted by molar-refractivity contribution is -0.870. The zero-order valence-corrected chi connectivity index (χ0v) is 45.7. The fraction of sp³-hybridized carbons (Fsp3) is 0.661. The summed E-state index contributed by atoms with van der Waals surface area (Å²) in [5.41, 5.74) is 0. The van der Waals surface area contributed by atoms with Crippen LogP contribution in [0.2, 0.25) is 0 Å². The van der Waals surface area contributed by atoms with Crippen molar-refractivity contribution in [3.05, 3.63) is 109 Å². The van der Waals surface area contributed by atoms with E-state index in [4.69, 9.17) is 13.8 Å². The molecular weight excluding hydrogens is 880 g/mol. The van der Waals surface area contributed by atoms with Gasteiger partial charge in [-0.1, -0.05) is 227 Å². The van der Waals surface area contributed by atoms with Crippen LogP contribution < -0.4 is 5.32 Å². The quantitative estimate of drug-likeness (QED) is 0.0156. The molecule has 10 heteroatoms. The van der Waals surface area contributed by atoms with Gasteiger partial charge in [0.25, 0.3) is 0 Å². The zero-order valence-electron chi connectivity index (χ0n) is 44.8. The molecule has 0 aliphatic carbocycles. The number of esters is 1. The van der Waals surface area contributed by atoms with Crippen molar-refractivity contribution in [3.63, 3.8) is 0 Å². The van der Waals surface area contributed by atoms with E-state index < -0.39 is 20.0 Å². The standard InChI is InChI=1S/C59H101N2O7P/c1-7-10-13-16-19-22-25-28-29-30-31-34-37-40-43-46-49-52-59(63)68-57(50-47-44-41-38-35-32-26-23-20-17-14-11-8-2)56(55-67-69(64,65)66-54-53-61(4,5)6)60-58(62)51-48-45-42-39-36-33-27-24-21-18-15-12-9-3/h10,13,16,19,22,25,28-31,33-34,36-37,42,45,47,50,56-57H,7-9,11-12,14-15,17-18,20-21,23-24,26-27,32,35,38-41,43-44,46,48-49,51-55H2,1-6H3,(H-,60,62,64,65)/p+1/b13-10-,19-16+,25-22+,29-28-,31-30+,36-33-,37-34+,45-42+,50-47+. The van der Waals surface area contributed by atoms with Gasteiger partial charge in [0, 0.05) is 12.8 Å². The molecule has 0 radical (unpaired) electrons. The molecule has 0 aliphatic rings. The van der Waals surface area contributed by atoms with Crippen LogP contribution in [0.25, 0.3) is 0 Å². The molecule has 1 amide bonds. The number of rotatable bonds is 47. The Hall–Kier alpha value is -3.33. The summed E-state index contributed by atoms with van der Waals surface area (Å²) in [6.45, 7) is 6.75. The summed E-state index contributed by atoms with van der Waals surface area (Å²) in [5, 5.41) is 2.98. The van der Waals surface area contributed by atoms with Crippen molar-refractivity contribution in [3.8, 4) is 0 Å². The van der Waals surface area contributed by atoms with Gasteiger partial charge in [-0.15, -0.1) is 0 Å². The van der Waals surface area contributed by atoms with Crippen LogP contribution in [0.1, 0.15) is 201 Å². The first-order chi connectivity index (χ1) is 33.4. The predicted octanol–water partition coefficient (Wildman–Crippen LogP) is 16.2. The van der Waals surface area contributed by atoms with E-state index >= 15 is 0 Å². The Bertz CT molecular complexity index is 1550. The van der Waals surface area contributed by atoms with Crippen molar-refractivity contribution in [2.45, 2.75) is 213 Å². The van der Waals surface area contributed by atoms with Gasteiger partial charge >= 0.3 is 13.8 Å². The Morgan fingerprint density at radius 3 is 1.54 bits per heavy atom. The Morgan fingerprint density at radius 1 is 0.536 bits per heavy atom. The van der Waals surface area contributed by atoms with E-state index in [2.05, 4.69) is 56.5 Å². The summed E-state index contributed by atoms with van der Waals surface area (Å²) >= 11 is 0. The van der Waals surface area contributed by atoms with Gasteiger partial charge in [-0.25, -0.2) is 4.57 Å². The average molecular weight is 982 g/mol. The van der Waals surface area contributed by atoms with Crippen molar-refractivity contribution in [2.75, 3.05) is 40.9 Å². The molecule has 69 heavy (non-hydrogen) atoms. The number of amides is 1. The summed E-state index contributed by atoms with van der Waals surface area (Å²) in [6, 6.07) is -0.903. The molecule has 0 fully saturated rings. The van der Waals surface area contributed by atoms with Crippen LogP contribution in [-0.4, -0.2) is 74.3 Å². The average Bonchev–Trinajstić information content (AvgIpc) is 3.31. The highest BCUT2D eigenvalue weighted by molar-refractivity contribution is 7.47. The van der Waals surface area contributed by atoms with Crippen molar-refractivity contribution in [1.82, 2.24) is 5.32 Å². The first-order valence-corrected chi connectivity index (χ1v) is 28.8. The molecule has 2 N–H and O–H groups in total. The Labute approximate surface area is 423 Å². The third-order valence-electron chi connectivity index (χ3n) is 11.4. The van der Waals surface area contributed by atoms with E-state index in [0.29, 0.717) is 23.9 Å². The molecular formula is C59H102N2O7P+. The number of allylic oxidation sites excluding steroid dienone is 17. The van der Waals surface area contributed by atoms with Gasteiger partial charge in [0.2, 0.25) is 5.91 Å². The van der Waals surface area contributed by atoms with Crippen LogP contribution >= 0.6 is 7.82 Å². The molecule has 0 aromatic rings. The van der Waals surface area contributed by atoms with Gasteiger partial charge in [0.1, 0.15) is 19.3 Å². The second-order valence-corrected chi connectivity index (χ2v) is 20.6. The second kappa shape index (κ2) is 48.3. The molecule has 3 unspecified atom stereocenters. The number of unbranched alkanes of at least 4 members (excludes halogenated alkanes) is 20. The molecule has 0 rings (SSSR count). The minimum absolute atomic E-state index is 0.0176. The number of nitrogens with one attached hydrogen (secondary N) is 1. The highest BCUT2D eigenvalue weighted by Crippen LogP contribution is 2.43. The molecule has 0 aromatic heterocycles. The maximum atomic E-state index is 13.4. The van der Waals surface area contributed by atoms with E-state index in [1.54, 1.807) is 0 Å². The number of phosphoric ester groups is 1. The largest absolute Gasteiger partial charge is 0.472 e. The van der Waals surface area contributed by atoms with Gasteiger partial charge < -0.3 is 19.4 Å². The number of nitrogens with zero attached hydrogens (tertiary/aromatic N) is 1. The fourth-order valence-corrected chi connectivity index (χ4v) is 7.87. The first-order valence-electron chi connectivity index (χ1n) is 27.3. The zero-order chi connectivity index (χ0) is 50.8. The lowest BCUT2D eigenvalue weighted by atomic mass is 10.0. The van der Waals surface area contributed by atoms with E-state index in [-0.39, 0.29) is 37.9 Å². The maximum Gasteiger partial charge on any atom is 0.472 e. The van der Waals surface area contributed by atoms with Crippen LogP contribution in [0.5, 0.6) is 0 Å². The minimum atomic E-state index is -4.47. The Kier molecular flexibility index (Phi) is 46.0. The highest BCUT2D eigenvalue weighted by Gasteiger charge is 2.30. The van der Waals surface area contributed by atoms with Crippen LogP contribution in [0.15, 0.2) is 109 Å². The molecule has 0 aromatic carbocycles. The van der Waals surface area contributed by atoms with Crippen LogP contribution in [0, 0.1) is 0 Å². The molecule has 3 atom stereocenters. The summed E-state index contributed by atoms with van der Waals surface area (Å²) in [7, 11) is 1.42. The monoisotopic (exact) mass is 982 g/mol. The number of hydrogen-bond donors (Lipinski definition) is 2. The van der Waals surface area contributed by atoms with Crippen LogP contribution in [-0.2, 0) is 27.9 Å². The molecule has 0 heterocycles. The number of ether oxygens (including phenoxy) is 1. The number of carbonyl (C=O) groups excluding carboxylic acids is 2. The van der Waals surface area contributed by atoms with E-state index in [0.717, 1.165) is 57.8 Å². The minimum Gasteiger partial charge on any atom is -0.456 e. The molecule has 9 nitrogen and oxygen atoms in total. The second-order valence-electron chi connectivity index (χ2n) is 19.2. The van der Waals surface area contributed by atoms with Gasteiger partial charge in [0.05, 0.1) is 33.8 Å². The molecule has 0 spiro atoms. The summed E-state index contributed by atoms with van der Waals surface area (Å²) < 4.78 is 30.5. The van der Waals surface area contributed by atoms with Crippen LogP contribution in [0.4, 0.5) is 0 Å². The number of hydrogen-bond acceptors (Lipinski definition) is 6. The summed E-state index contributed by atoms with van der Waals surface area (Å²) in [5.74, 6) is -0.644. The van der Waals surface area contributed by atoms with Gasteiger partial charge in [-0.3, -0.25) is 18.6 Å². The first kappa shape index (κ1) is 65.7. The summed E-state index contributed by atoms with van der Waals surface area (Å²) in [4.78, 5) is 37.5. The molecule has 0 saturated carbocycles. The van der Waals surface area contributed by atoms with Gasteiger partial charge in [-0.2, -0.15) is 0 Å². The lowest BCUT2D eigenvalue weighted by Crippen LogP contribution is -2.47. The normalized spacial score (nSPS) is 14.7. The van der Waals surface area contributed by atoms with E-state index in [9.17, 15) is 19.0 Å². The number of phosphoric acid groups is 1. The Balaban J connectivity index is 5.60. The maximum absolute atomic E-state index is 13.4. The smallest absolute Gasteiger partial charge is 0.456 e. The van der Waals surface area contributed by atoms with Crippen molar-refractivity contribution < 1.29 is 37.3 Å². The summed E-state index contributed by atoms with van der Waals surface area (Å²) in [6.07, 6.45) is 65.3. The third kappa shape index (κ3) is 49.4. The van der Waals surface area contributed by atoms with E-state index in [1.165, 1.54) is 96.3 Å². The predicted molar refractivity (Wildman–Crippen MR) is 295 cm³/mol.